The molecule has 4 aromatic rings. The molecule has 1 saturated heterocycles. The standard InChI is InChI=1S/C30H31Cl2N6O6P/c1-18(30(41)43-2)37-45(42,44-25-12-5-8-19-7-3-4-9-21(19)25)38-15-13-20(14-16-38)34-29(40)27-24(17-33-36-27)35-28(39)26-22(31)10-6-11-23(26)32/h3-12,17-18,20H,13-16H2,1-2H3,(H,33,36)(H,34,40)(H,35,39)(H,37,42). The smallest absolute Gasteiger partial charge is 0.393 e. The first-order chi connectivity index (χ1) is 21.6. The Balaban J connectivity index is 1.27. The second kappa shape index (κ2) is 14.0. The summed E-state index contributed by atoms with van der Waals surface area (Å²) in [7, 11) is -2.57. The molecule has 2 atom stereocenters. The zero-order valence-corrected chi connectivity index (χ0v) is 26.8. The fourth-order valence-electron chi connectivity index (χ4n) is 5.03. The zero-order chi connectivity index (χ0) is 32.1. The van der Waals surface area contributed by atoms with E-state index in [4.69, 9.17) is 32.5 Å². The van der Waals surface area contributed by atoms with E-state index in [1.807, 2.05) is 36.4 Å². The van der Waals surface area contributed by atoms with Crippen molar-refractivity contribution in [1.82, 2.24) is 25.3 Å². The number of hydrogen-bond acceptors (Lipinski definition) is 7. The number of aromatic amines is 1. The summed E-state index contributed by atoms with van der Waals surface area (Å²) in [6.45, 7) is 2.12. The first-order valence-corrected chi connectivity index (χ1v) is 16.4. The minimum absolute atomic E-state index is 0.0208. The van der Waals surface area contributed by atoms with E-state index in [1.165, 1.54) is 25.4 Å². The highest BCUT2D eigenvalue weighted by Crippen LogP contribution is 2.50. The van der Waals surface area contributed by atoms with Gasteiger partial charge in [-0.1, -0.05) is 65.7 Å². The number of carbonyl (C=O) groups excluding carboxylic acids is 3. The van der Waals surface area contributed by atoms with Crippen LogP contribution >= 0.6 is 30.9 Å². The van der Waals surface area contributed by atoms with Crippen LogP contribution < -0.4 is 20.2 Å². The number of carbonyl (C=O) groups is 3. The van der Waals surface area contributed by atoms with Gasteiger partial charge in [0.1, 0.15) is 11.8 Å². The Labute approximate surface area is 269 Å². The number of halogens is 2. The largest absolute Gasteiger partial charge is 0.468 e. The molecule has 0 radical (unpaired) electrons. The molecule has 1 fully saturated rings. The number of rotatable bonds is 10. The summed E-state index contributed by atoms with van der Waals surface area (Å²) in [5.74, 6) is -1.28. The van der Waals surface area contributed by atoms with Crippen LogP contribution in [0.2, 0.25) is 10.0 Å². The van der Waals surface area contributed by atoms with Crippen molar-refractivity contribution in [2.45, 2.75) is 31.8 Å². The summed E-state index contributed by atoms with van der Waals surface area (Å²) in [5.41, 5.74) is 0.207. The lowest BCUT2D eigenvalue weighted by Crippen LogP contribution is -2.47. The molecule has 3 aromatic carbocycles. The molecular formula is C30H31Cl2N6O6P. The second-order valence-corrected chi connectivity index (χ2v) is 13.2. The molecule has 15 heteroatoms. The van der Waals surface area contributed by atoms with Crippen LogP contribution in [0.15, 0.2) is 66.9 Å². The average Bonchev–Trinajstić information content (AvgIpc) is 3.49. The van der Waals surface area contributed by atoms with Gasteiger partial charge in [-0.3, -0.25) is 19.5 Å². The lowest BCUT2D eigenvalue weighted by atomic mass is 10.1. The second-order valence-electron chi connectivity index (χ2n) is 10.4. The summed E-state index contributed by atoms with van der Waals surface area (Å²) in [4.78, 5) is 38.3. The highest BCUT2D eigenvalue weighted by atomic mass is 35.5. The molecule has 5 rings (SSSR count). The van der Waals surface area contributed by atoms with Crippen molar-refractivity contribution in [2.24, 2.45) is 0 Å². The molecular weight excluding hydrogens is 642 g/mol. The maximum absolute atomic E-state index is 14.5. The molecule has 2 heterocycles. The van der Waals surface area contributed by atoms with Gasteiger partial charge in [-0.25, -0.2) is 14.3 Å². The predicted octanol–water partition coefficient (Wildman–Crippen LogP) is 5.65. The first kappa shape index (κ1) is 32.5. The van der Waals surface area contributed by atoms with Gasteiger partial charge < -0.3 is 19.9 Å². The Morgan fingerprint density at radius 2 is 1.67 bits per heavy atom. The van der Waals surface area contributed by atoms with Gasteiger partial charge in [0.25, 0.3) is 11.8 Å². The van der Waals surface area contributed by atoms with Crippen molar-refractivity contribution in [3.05, 3.63) is 88.2 Å². The fraction of sp³-hybridized carbons (Fsp3) is 0.267. The maximum atomic E-state index is 14.5. The number of methoxy groups -OCH3 is 1. The number of fused-ring (bicyclic) bond motifs is 1. The van der Waals surface area contributed by atoms with E-state index in [9.17, 15) is 18.9 Å². The first-order valence-electron chi connectivity index (χ1n) is 14.1. The van der Waals surface area contributed by atoms with Gasteiger partial charge in [0.2, 0.25) is 0 Å². The minimum atomic E-state index is -3.83. The Morgan fingerprint density at radius 1 is 1.00 bits per heavy atom. The van der Waals surface area contributed by atoms with E-state index in [1.54, 1.807) is 23.7 Å². The van der Waals surface area contributed by atoms with Crippen LogP contribution in [0.1, 0.15) is 40.6 Å². The predicted molar refractivity (Wildman–Crippen MR) is 172 cm³/mol. The van der Waals surface area contributed by atoms with Gasteiger partial charge in [-0.05, 0) is 43.4 Å². The number of aromatic nitrogens is 2. The van der Waals surface area contributed by atoms with Gasteiger partial charge in [0.05, 0.1) is 28.4 Å². The van der Waals surface area contributed by atoms with Crippen LogP contribution in [0.4, 0.5) is 5.69 Å². The Kier molecular flexibility index (Phi) is 10.1. The SMILES string of the molecule is COC(=O)C(C)NP(=O)(Oc1cccc2ccccc12)N1CCC(NC(=O)c2n[nH]cc2NC(=O)c2c(Cl)cccc2Cl)CC1. The highest BCUT2D eigenvalue weighted by molar-refractivity contribution is 7.54. The molecule has 2 unspecified atom stereocenters. The number of hydrogen-bond donors (Lipinski definition) is 4. The van der Waals surface area contributed by atoms with Crippen LogP contribution in [0, 0.1) is 0 Å². The van der Waals surface area contributed by atoms with E-state index in [0.717, 1.165) is 10.8 Å². The summed E-state index contributed by atoms with van der Waals surface area (Å²) in [6.07, 6.45) is 2.23. The topological polar surface area (TPSA) is 155 Å². The van der Waals surface area contributed by atoms with E-state index in [-0.39, 0.29) is 46.1 Å². The molecule has 45 heavy (non-hydrogen) atoms. The molecule has 1 aliphatic rings. The monoisotopic (exact) mass is 672 g/mol. The van der Waals surface area contributed by atoms with E-state index in [2.05, 4.69) is 25.9 Å². The molecule has 12 nitrogen and oxygen atoms in total. The number of esters is 1. The molecule has 0 saturated carbocycles. The van der Waals surface area contributed by atoms with Crippen molar-refractivity contribution in [3.8, 4) is 5.75 Å². The quantitative estimate of drug-likeness (QED) is 0.123. The van der Waals surface area contributed by atoms with E-state index < -0.39 is 31.5 Å². The number of anilines is 1. The van der Waals surface area contributed by atoms with Crippen LogP contribution in [-0.2, 0) is 14.1 Å². The number of piperidine rings is 1. The molecule has 0 aliphatic carbocycles. The molecule has 1 aromatic heterocycles. The summed E-state index contributed by atoms with van der Waals surface area (Å²) < 4.78 is 27.2. The van der Waals surface area contributed by atoms with Crippen molar-refractivity contribution in [2.75, 3.05) is 25.5 Å². The van der Waals surface area contributed by atoms with Crippen LogP contribution in [0.5, 0.6) is 5.75 Å². The number of nitrogens with one attached hydrogen (secondary N) is 4. The number of H-pyrrole nitrogens is 1. The van der Waals surface area contributed by atoms with Gasteiger partial charge in [-0.2, -0.15) is 5.10 Å². The van der Waals surface area contributed by atoms with Gasteiger partial charge in [-0.15, -0.1) is 0 Å². The highest BCUT2D eigenvalue weighted by Gasteiger charge is 2.40. The van der Waals surface area contributed by atoms with Gasteiger partial charge >= 0.3 is 13.6 Å². The third-order valence-corrected chi connectivity index (χ3v) is 10.3. The summed E-state index contributed by atoms with van der Waals surface area (Å²) >= 11 is 12.3. The summed E-state index contributed by atoms with van der Waals surface area (Å²) in [5, 5.41) is 17.1. The van der Waals surface area contributed by atoms with Crippen molar-refractivity contribution < 1.29 is 28.2 Å². The number of amides is 2. The number of nitrogens with zero attached hydrogens (tertiary/aromatic N) is 2. The normalized spacial score (nSPS) is 16.0. The average molecular weight is 673 g/mol. The Morgan fingerprint density at radius 3 is 2.38 bits per heavy atom. The van der Waals surface area contributed by atoms with Crippen molar-refractivity contribution in [1.29, 1.82) is 0 Å². The van der Waals surface area contributed by atoms with E-state index in [0.29, 0.717) is 18.6 Å². The lowest BCUT2D eigenvalue weighted by Gasteiger charge is -2.37. The lowest BCUT2D eigenvalue weighted by molar-refractivity contribution is -0.142. The maximum Gasteiger partial charge on any atom is 0.393 e. The minimum Gasteiger partial charge on any atom is -0.468 e. The molecule has 0 bridgehead atoms. The Hall–Kier alpha value is -3.93. The van der Waals surface area contributed by atoms with Crippen molar-refractivity contribution >= 4 is 65.1 Å². The number of benzene rings is 3. The third kappa shape index (κ3) is 7.32. The van der Waals surface area contributed by atoms with Crippen LogP contribution in [0.25, 0.3) is 10.8 Å². The van der Waals surface area contributed by atoms with Crippen LogP contribution in [-0.4, -0.2) is 64.9 Å². The molecule has 236 valence electrons. The van der Waals surface area contributed by atoms with Crippen LogP contribution in [0.3, 0.4) is 0 Å². The third-order valence-electron chi connectivity index (χ3n) is 7.36. The van der Waals surface area contributed by atoms with Gasteiger partial charge in [0.15, 0.2) is 5.69 Å². The molecule has 2 amide bonds. The molecule has 4 N–H and O–H groups in total. The summed E-state index contributed by atoms with van der Waals surface area (Å²) in [6, 6.07) is 16.5. The fourth-order valence-corrected chi connectivity index (χ4v) is 7.71. The number of ether oxygens (including phenoxy) is 1. The van der Waals surface area contributed by atoms with Crippen molar-refractivity contribution in [3.63, 3.8) is 0 Å². The molecule has 1 aliphatic heterocycles. The molecule has 0 spiro atoms. The van der Waals surface area contributed by atoms with Gasteiger partial charge in [0, 0.05) is 30.7 Å². The zero-order valence-electron chi connectivity index (χ0n) is 24.4. The Bertz CT molecular complexity index is 1750. The van der Waals surface area contributed by atoms with E-state index >= 15 is 0 Å².